The average molecular weight is 269 g/mol. The van der Waals surface area contributed by atoms with Crippen molar-refractivity contribution in [2.75, 3.05) is 5.32 Å². The molecule has 18 heavy (non-hydrogen) atoms. The molecule has 1 fully saturated rings. The minimum Gasteiger partial charge on any atom is -0.380 e. The van der Waals surface area contributed by atoms with Gasteiger partial charge in [0.15, 0.2) is 0 Å². The SMILES string of the molecule is N[C@@H]1CCCC[C@H]1Nc1ccccc1S(N)(=O)=O. The molecule has 0 bridgehead atoms. The highest BCUT2D eigenvalue weighted by Crippen LogP contribution is 2.25. The van der Waals surface area contributed by atoms with E-state index >= 15 is 0 Å². The number of anilines is 1. The molecule has 0 unspecified atom stereocenters. The van der Waals surface area contributed by atoms with Crippen LogP contribution in [0.4, 0.5) is 5.69 Å². The van der Waals surface area contributed by atoms with E-state index in [1.165, 1.54) is 6.07 Å². The zero-order valence-electron chi connectivity index (χ0n) is 10.2. The van der Waals surface area contributed by atoms with Gasteiger partial charge >= 0.3 is 0 Å². The molecule has 0 aromatic heterocycles. The predicted octanol–water partition coefficient (Wildman–Crippen LogP) is 1.02. The van der Waals surface area contributed by atoms with Crippen molar-refractivity contribution < 1.29 is 8.42 Å². The Morgan fingerprint density at radius 3 is 2.50 bits per heavy atom. The molecule has 0 amide bonds. The van der Waals surface area contributed by atoms with E-state index in [0.29, 0.717) is 5.69 Å². The number of para-hydroxylation sites is 1. The molecule has 100 valence electrons. The zero-order valence-corrected chi connectivity index (χ0v) is 11.0. The molecule has 1 aromatic carbocycles. The maximum atomic E-state index is 11.5. The standard InChI is InChI=1S/C12H19N3O2S/c13-9-5-1-2-6-10(9)15-11-7-3-4-8-12(11)18(14,16)17/h3-4,7-10,15H,1-2,5-6,13H2,(H2,14,16,17)/t9-,10-/m1/s1. The molecule has 0 spiro atoms. The number of nitrogens with two attached hydrogens (primary N) is 2. The Morgan fingerprint density at radius 2 is 1.83 bits per heavy atom. The highest BCUT2D eigenvalue weighted by molar-refractivity contribution is 7.89. The largest absolute Gasteiger partial charge is 0.380 e. The lowest BCUT2D eigenvalue weighted by Gasteiger charge is -2.30. The second kappa shape index (κ2) is 5.26. The summed E-state index contributed by atoms with van der Waals surface area (Å²) in [5.41, 5.74) is 6.59. The predicted molar refractivity (Wildman–Crippen MR) is 71.7 cm³/mol. The molecule has 0 saturated heterocycles. The first-order valence-corrected chi connectivity index (χ1v) is 7.67. The summed E-state index contributed by atoms with van der Waals surface area (Å²) in [6.45, 7) is 0. The highest BCUT2D eigenvalue weighted by atomic mass is 32.2. The molecule has 0 aliphatic heterocycles. The van der Waals surface area contributed by atoms with Crippen LogP contribution in [0.15, 0.2) is 29.2 Å². The first kappa shape index (κ1) is 13.3. The van der Waals surface area contributed by atoms with Crippen LogP contribution < -0.4 is 16.2 Å². The van der Waals surface area contributed by atoms with Gasteiger partial charge in [-0.1, -0.05) is 25.0 Å². The first-order valence-electron chi connectivity index (χ1n) is 6.12. The molecule has 1 aliphatic carbocycles. The minimum absolute atomic E-state index is 0.0623. The first-order chi connectivity index (χ1) is 8.48. The van der Waals surface area contributed by atoms with Crippen molar-refractivity contribution in [3.05, 3.63) is 24.3 Å². The summed E-state index contributed by atoms with van der Waals surface area (Å²) in [6.07, 6.45) is 4.18. The number of sulfonamides is 1. The molecule has 0 heterocycles. The molecule has 5 N–H and O–H groups in total. The van der Waals surface area contributed by atoms with Gasteiger partial charge in [0.2, 0.25) is 10.0 Å². The van der Waals surface area contributed by atoms with Crippen LogP contribution in [0.2, 0.25) is 0 Å². The summed E-state index contributed by atoms with van der Waals surface area (Å²) in [4.78, 5) is 0.128. The Kier molecular flexibility index (Phi) is 3.89. The molecule has 2 atom stereocenters. The van der Waals surface area contributed by atoms with Crippen molar-refractivity contribution in [2.45, 2.75) is 42.7 Å². The molecule has 2 rings (SSSR count). The van der Waals surface area contributed by atoms with Gasteiger partial charge < -0.3 is 11.1 Å². The highest BCUT2D eigenvalue weighted by Gasteiger charge is 2.23. The molecule has 1 saturated carbocycles. The number of benzene rings is 1. The van der Waals surface area contributed by atoms with Gasteiger partial charge in [0, 0.05) is 12.1 Å². The maximum Gasteiger partial charge on any atom is 0.240 e. The van der Waals surface area contributed by atoms with Crippen LogP contribution in [-0.2, 0) is 10.0 Å². The van der Waals surface area contributed by atoms with Crippen LogP contribution in [0.1, 0.15) is 25.7 Å². The van der Waals surface area contributed by atoms with Crippen LogP contribution in [0.3, 0.4) is 0 Å². The van der Waals surface area contributed by atoms with Crippen molar-refractivity contribution in [3.63, 3.8) is 0 Å². The summed E-state index contributed by atoms with van der Waals surface area (Å²) in [5.74, 6) is 0. The van der Waals surface area contributed by atoms with Gasteiger partial charge in [-0.15, -0.1) is 0 Å². The molecular formula is C12H19N3O2S. The van der Waals surface area contributed by atoms with Gasteiger partial charge in [-0.25, -0.2) is 13.6 Å². The van der Waals surface area contributed by atoms with Crippen molar-refractivity contribution in [1.29, 1.82) is 0 Å². The minimum atomic E-state index is -3.71. The van der Waals surface area contributed by atoms with E-state index in [-0.39, 0.29) is 17.0 Å². The Labute approximate surface area is 108 Å². The maximum absolute atomic E-state index is 11.5. The van der Waals surface area contributed by atoms with Crippen LogP contribution >= 0.6 is 0 Å². The third-order valence-electron chi connectivity index (χ3n) is 3.35. The van der Waals surface area contributed by atoms with E-state index < -0.39 is 10.0 Å². The van der Waals surface area contributed by atoms with Gasteiger partial charge in [0.05, 0.1) is 5.69 Å². The fraction of sp³-hybridized carbons (Fsp3) is 0.500. The topological polar surface area (TPSA) is 98.2 Å². The van der Waals surface area contributed by atoms with Crippen molar-refractivity contribution >= 4 is 15.7 Å². The molecule has 5 nitrogen and oxygen atoms in total. The molecule has 1 aliphatic rings. The van der Waals surface area contributed by atoms with Crippen molar-refractivity contribution in [3.8, 4) is 0 Å². The summed E-state index contributed by atoms with van der Waals surface area (Å²) in [6, 6.07) is 6.85. The average Bonchev–Trinajstić information content (AvgIpc) is 2.31. The smallest absolute Gasteiger partial charge is 0.240 e. The quantitative estimate of drug-likeness (QED) is 0.763. The Balaban J connectivity index is 2.24. The Bertz CT molecular complexity index is 516. The lowest BCUT2D eigenvalue weighted by atomic mass is 9.91. The van der Waals surface area contributed by atoms with E-state index in [1.54, 1.807) is 18.2 Å². The van der Waals surface area contributed by atoms with Crippen LogP contribution in [0.5, 0.6) is 0 Å². The number of hydrogen-bond acceptors (Lipinski definition) is 4. The van der Waals surface area contributed by atoms with Crippen LogP contribution in [-0.4, -0.2) is 20.5 Å². The fourth-order valence-electron chi connectivity index (χ4n) is 2.37. The number of nitrogens with one attached hydrogen (secondary N) is 1. The van der Waals surface area contributed by atoms with Gasteiger partial charge in [0.25, 0.3) is 0 Å². The number of hydrogen-bond donors (Lipinski definition) is 3. The van der Waals surface area contributed by atoms with E-state index in [2.05, 4.69) is 5.32 Å². The summed E-state index contributed by atoms with van der Waals surface area (Å²) in [7, 11) is -3.71. The van der Waals surface area contributed by atoms with E-state index in [9.17, 15) is 8.42 Å². The second-order valence-corrected chi connectivity index (χ2v) is 6.27. The molecular weight excluding hydrogens is 250 g/mol. The lowest BCUT2D eigenvalue weighted by molar-refractivity contribution is 0.403. The van der Waals surface area contributed by atoms with Crippen molar-refractivity contribution in [2.24, 2.45) is 10.9 Å². The Morgan fingerprint density at radius 1 is 1.17 bits per heavy atom. The molecule has 6 heteroatoms. The monoisotopic (exact) mass is 269 g/mol. The summed E-state index contributed by atoms with van der Waals surface area (Å²) in [5, 5.41) is 8.42. The van der Waals surface area contributed by atoms with Crippen molar-refractivity contribution in [1.82, 2.24) is 0 Å². The lowest BCUT2D eigenvalue weighted by Crippen LogP contribution is -2.42. The van der Waals surface area contributed by atoms with Gasteiger partial charge in [-0.2, -0.15) is 0 Å². The van der Waals surface area contributed by atoms with E-state index in [0.717, 1.165) is 25.7 Å². The van der Waals surface area contributed by atoms with Gasteiger partial charge in [-0.3, -0.25) is 0 Å². The van der Waals surface area contributed by atoms with E-state index in [4.69, 9.17) is 10.9 Å². The van der Waals surface area contributed by atoms with Gasteiger partial charge in [0.1, 0.15) is 4.90 Å². The number of primary sulfonamides is 1. The third kappa shape index (κ3) is 3.01. The normalized spacial score (nSPS) is 24.8. The third-order valence-corrected chi connectivity index (χ3v) is 4.32. The zero-order chi connectivity index (χ0) is 13.2. The number of rotatable bonds is 3. The summed E-state index contributed by atoms with van der Waals surface area (Å²) < 4.78 is 23.0. The van der Waals surface area contributed by atoms with Gasteiger partial charge in [-0.05, 0) is 25.0 Å². The van der Waals surface area contributed by atoms with Crippen LogP contribution in [0, 0.1) is 0 Å². The Hall–Kier alpha value is -1.11. The summed E-state index contributed by atoms with van der Waals surface area (Å²) >= 11 is 0. The van der Waals surface area contributed by atoms with E-state index in [1.807, 2.05) is 0 Å². The second-order valence-electron chi connectivity index (χ2n) is 4.74. The fourth-order valence-corrected chi connectivity index (χ4v) is 3.07. The molecule has 0 radical (unpaired) electrons. The van der Waals surface area contributed by atoms with Crippen LogP contribution in [0.25, 0.3) is 0 Å². The molecule has 1 aromatic rings.